The average molecular weight is 187 g/mol. The molecule has 1 heterocycles. The van der Waals surface area contributed by atoms with Crippen LogP contribution in [-0.2, 0) is 9.53 Å². The fourth-order valence-corrected chi connectivity index (χ4v) is 0.792. The van der Waals surface area contributed by atoms with E-state index >= 15 is 0 Å². The topological polar surface area (TPSA) is 55.4 Å². The third-order valence-electron chi connectivity index (χ3n) is 1.36. The molecule has 0 aromatic rings. The lowest BCUT2D eigenvalue weighted by molar-refractivity contribution is -0.135. The second kappa shape index (κ2) is 4.60. The lowest BCUT2D eigenvalue weighted by Crippen LogP contribution is -2.27. The smallest absolute Gasteiger partial charge is 0.375 e. The molecule has 1 aliphatic heterocycles. The highest BCUT2D eigenvalue weighted by molar-refractivity contribution is 5.95. The molecule has 1 atom stereocenters. The van der Waals surface area contributed by atoms with Crippen molar-refractivity contribution < 1.29 is 14.3 Å². The molecule has 1 unspecified atom stereocenters. The first-order valence-electron chi connectivity index (χ1n) is 3.69. The summed E-state index contributed by atoms with van der Waals surface area (Å²) in [6.45, 7) is 0. The summed E-state index contributed by atoms with van der Waals surface area (Å²) in [5, 5.41) is 2.29. The predicted molar refractivity (Wildman–Crippen MR) is 47.4 cm³/mol. The summed E-state index contributed by atoms with van der Waals surface area (Å²) in [5.41, 5.74) is 0. The number of amides is 1. The van der Waals surface area contributed by atoms with Gasteiger partial charge < -0.3 is 10.1 Å². The van der Waals surface area contributed by atoms with E-state index < -0.39 is 18.1 Å². The number of hydrogen-bond donors (Lipinski definition) is 1. The maximum absolute atomic E-state index is 10.9. The van der Waals surface area contributed by atoms with E-state index in [4.69, 9.17) is 6.42 Å². The van der Waals surface area contributed by atoms with E-state index in [1.165, 1.54) is 0 Å². The third-order valence-corrected chi connectivity index (χ3v) is 1.36. The third kappa shape index (κ3) is 2.59. The molecule has 0 bridgehead atoms. The lowest BCUT2D eigenvalue weighted by atomic mass is 10.2. The number of alkyl carbamates (subject to hydrolysis) is 1. The van der Waals surface area contributed by atoms with Crippen LogP contribution in [0.15, 0.2) is 0 Å². The molecule has 68 valence electrons. The highest BCUT2D eigenvalue weighted by atomic mass is 16.6. The van der Waals surface area contributed by atoms with Gasteiger partial charge in [0, 0.05) is 6.42 Å². The lowest BCUT2D eigenvalue weighted by Gasteiger charge is -1.96. The standard InChI is InChI=1S/C10H5NO3/c1-2-3-4-5-6-7-8-9(12)14-10(13)11-8/h1,8H,7H2,(H,11,13). The molecule has 4 heteroatoms. The van der Waals surface area contributed by atoms with E-state index in [0.29, 0.717) is 0 Å². The van der Waals surface area contributed by atoms with Gasteiger partial charge in [-0.3, -0.25) is 0 Å². The summed E-state index contributed by atoms with van der Waals surface area (Å²) in [4.78, 5) is 21.4. The quantitative estimate of drug-likeness (QED) is 0.347. The van der Waals surface area contributed by atoms with Crippen molar-refractivity contribution in [3.63, 3.8) is 0 Å². The van der Waals surface area contributed by atoms with Crippen molar-refractivity contribution >= 4 is 12.1 Å². The van der Waals surface area contributed by atoms with Gasteiger partial charge in [-0.1, -0.05) is 5.92 Å². The fourth-order valence-electron chi connectivity index (χ4n) is 0.792. The molecular formula is C10H5NO3. The molecule has 0 saturated carbocycles. The van der Waals surface area contributed by atoms with Crippen molar-refractivity contribution in [2.75, 3.05) is 0 Å². The van der Waals surface area contributed by atoms with Crippen LogP contribution < -0.4 is 5.32 Å². The van der Waals surface area contributed by atoms with Crippen molar-refractivity contribution in [2.24, 2.45) is 0 Å². The summed E-state index contributed by atoms with van der Waals surface area (Å²) in [6, 6.07) is -0.692. The second-order valence-corrected chi connectivity index (χ2v) is 2.31. The molecule has 1 aliphatic rings. The number of carbonyl (C=O) groups is 2. The van der Waals surface area contributed by atoms with E-state index in [1.54, 1.807) is 0 Å². The molecule has 1 saturated heterocycles. The van der Waals surface area contributed by atoms with Crippen LogP contribution in [0.25, 0.3) is 0 Å². The molecule has 0 aliphatic carbocycles. The minimum Gasteiger partial charge on any atom is -0.375 e. The van der Waals surface area contributed by atoms with E-state index in [0.717, 1.165) is 0 Å². The number of ether oxygens (including phenoxy) is 1. The van der Waals surface area contributed by atoms with Crippen molar-refractivity contribution in [1.82, 2.24) is 5.32 Å². The highest BCUT2D eigenvalue weighted by Crippen LogP contribution is 2.02. The Hall–Kier alpha value is -2.38. The second-order valence-electron chi connectivity index (χ2n) is 2.31. The SMILES string of the molecule is C#CC#CC#CCC1NC(=O)OC1=O. The summed E-state index contributed by atoms with van der Waals surface area (Å²) in [5.74, 6) is 11.2. The van der Waals surface area contributed by atoms with E-state index in [1.807, 2.05) is 0 Å². The first kappa shape index (κ1) is 9.71. The molecule has 1 fully saturated rings. The predicted octanol–water partition coefficient (Wildman–Crippen LogP) is -0.348. The maximum atomic E-state index is 10.9. The monoisotopic (exact) mass is 187 g/mol. The van der Waals surface area contributed by atoms with Gasteiger partial charge in [0.25, 0.3) is 0 Å². The van der Waals surface area contributed by atoms with Crippen molar-refractivity contribution in [1.29, 1.82) is 0 Å². The zero-order valence-corrected chi connectivity index (χ0v) is 7.09. The Morgan fingerprint density at radius 1 is 1.36 bits per heavy atom. The molecule has 1 amide bonds. The Morgan fingerprint density at radius 2 is 2.14 bits per heavy atom. The molecule has 0 spiro atoms. The summed E-state index contributed by atoms with van der Waals surface area (Å²) >= 11 is 0. The molecular weight excluding hydrogens is 182 g/mol. The Kier molecular flexibility index (Phi) is 3.19. The van der Waals surface area contributed by atoms with Gasteiger partial charge in [0.15, 0.2) is 0 Å². The number of hydrogen-bond acceptors (Lipinski definition) is 3. The molecule has 0 radical (unpaired) electrons. The van der Waals surface area contributed by atoms with Crippen molar-refractivity contribution in [2.45, 2.75) is 12.5 Å². The van der Waals surface area contributed by atoms with Crippen molar-refractivity contribution in [3.05, 3.63) is 0 Å². The van der Waals surface area contributed by atoms with Gasteiger partial charge in [0.2, 0.25) is 0 Å². The average Bonchev–Trinajstić information content (AvgIpc) is 2.45. The van der Waals surface area contributed by atoms with Gasteiger partial charge in [0.1, 0.15) is 6.04 Å². The van der Waals surface area contributed by atoms with E-state index in [2.05, 4.69) is 39.7 Å². The molecule has 1 N–H and O–H groups in total. The minimum atomic E-state index is -0.739. The zero-order chi connectivity index (χ0) is 10.4. The first-order chi connectivity index (χ1) is 6.74. The summed E-state index contributed by atoms with van der Waals surface area (Å²) in [7, 11) is 0. The van der Waals surface area contributed by atoms with Crippen LogP contribution in [0.3, 0.4) is 0 Å². The molecule has 4 nitrogen and oxygen atoms in total. The van der Waals surface area contributed by atoms with Gasteiger partial charge in [-0.25, -0.2) is 9.59 Å². The molecule has 14 heavy (non-hydrogen) atoms. The summed E-state index contributed by atoms with van der Waals surface area (Å²) < 4.78 is 4.23. The normalized spacial score (nSPS) is 17.8. The number of terminal acetylenes is 1. The van der Waals surface area contributed by atoms with Crippen LogP contribution >= 0.6 is 0 Å². The van der Waals surface area contributed by atoms with Gasteiger partial charge in [-0.2, -0.15) is 0 Å². The number of rotatable bonds is 1. The highest BCUT2D eigenvalue weighted by Gasteiger charge is 2.31. The molecule has 0 aromatic carbocycles. The van der Waals surface area contributed by atoms with Crippen LogP contribution in [-0.4, -0.2) is 18.1 Å². The number of esters is 1. The summed E-state index contributed by atoms with van der Waals surface area (Å²) in [6.07, 6.45) is 4.28. The Balaban J connectivity index is 2.46. The van der Waals surface area contributed by atoms with Gasteiger partial charge in [-0.15, -0.1) is 6.42 Å². The number of carbonyl (C=O) groups excluding carboxylic acids is 2. The molecule has 0 aromatic heterocycles. The van der Waals surface area contributed by atoms with Gasteiger partial charge >= 0.3 is 12.1 Å². The van der Waals surface area contributed by atoms with Crippen LogP contribution in [0.2, 0.25) is 0 Å². The molecule has 1 rings (SSSR count). The van der Waals surface area contributed by atoms with Crippen LogP contribution in [0.4, 0.5) is 4.79 Å². The van der Waals surface area contributed by atoms with E-state index in [-0.39, 0.29) is 6.42 Å². The number of nitrogens with one attached hydrogen (secondary N) is 1. The van der Waals surface area contributed by atoms with Gasteiger partial charge in [-0.05, 0) is 23.7 Å². The fraction of sp³-hybridized carbons (Fsp3) is 0.200. The van der Waals surface area contributed by atoms with E-state index in [9.17, 15) is 9.59 Å². The first-order valence-corrected chi connectivity index (χ1v) is 3.69. The van der Waals surface area contributed by atoms with Crippen LogP contribution in [0, 0.1) is 36.0 Å². The largest absolute Gasteiger partial charge is 0.415 e. The maximum Gasteiger partial charge on any atom is 0.415 e. The number of cyclic esters (lactones) is 2. The van der Waals surface area contributed by atoms with Crippen LogP contribution in [0.5, 0.6) is 0 Å². The zero-order valence-electron chi connectivity index (χ0n) is 7.09. The van der Waals surface area contributed by atoms with Crippen LogP contribution in [0.1, 0.15) is 6.42 Å². The Bertz CT molecular complexity index is 422. The Morgan fingerprint density at radius 3 is 2.71 bits per heavy atom. The van der Waals surface area contributed by atoms with Gasteiger partial charge in [0.05, 0.1) is 0 Å². The Labute approximate surface area is 81.0 Å². The van der Waals surface area contributed by atoms with Crippen molar-refractivity contribution in [3.8, 4) is 36.0 Å². The minimum absolute atomic E-state index is 0.170.